The highest BCUT2D eigenvalue weighted by molar-refractivity contribution is 7.20. The molecule has 6 heteroatoms. The molecule has 0 aliphatic rings. The molecule has 0 unspecified atom stereocenters. The van der Waals surface area contributed by atoms with Crippen molar-refractivity contribution in [3.8, 4) is 5.75 Å². The lowest BCUT2D eigenvalue weighted by Crippen LogP contribution is -2.10. The number of imidazole rings is 1. The number of ether oxygens (including phenoxy) is 1. The Morgan fingerprint density at radius 1 is 1.03 bits per heavy atom. The van der Waals surface area contributed by atoms with Gasteiger partial charge in [-0.1, -0.05) is 30.3 Å². The Balaban J connectivity index is 1.28. The first-order valence-electron chi connectivity index (χ1n) is 9.20. The Labute approximate surface area is 171 Å². The third kappa shape index (κ3) is 3.70. The van der Waals surface area contributed by atoms with Crippen LogP contribution < -0.4 is 10.1 Å². The van der Waals surface area contributed by atoms with Crippen molar-refractivity contribution >= 4 is 38.7 Å². The lowest BCUT2D eigenvalue weighted by Gasteiger charge is -2.08. The molecule has 3 heterocycles. The second kappa shape index (κ2) is 7.41. The Morgan fingerprint density at radius 3 is 2.83 bits per heavy atom. The van der Waals surface area contributed by atoms with Gasteiger partial charge >= 0.3 is 0 Å². The number of benzene rings is 2. The van der Waals surface area contributed by atoms with E-state index >= 15 is 0 Å². The van der Waals surface area contributed by atoms with Crippen molar-refractivity contribution in [2.24, 2.45) is 0 Å². The number of hydrogen-bond donors (Lipinski definition) is 1. The largest absolute Gasteiger partial charge is 0.487 e. The average molecular weight is 399 g/mol. The molecule has 0 fully saturated rings. The number of hydrogen-bond acceptors (Lipinski definition) is 4. The lowest BCUT2D eigenvalue weighted by molar-refractivity contribution is 0.103. The summed E-state index contributed by atoms with van der Waals surface area (Å²) in [5.41, 5.74) is 2.42. The molecule has 0 aliphatic heterocycles. The molecule has 0 saturated heterocycles. The van der Waals surface area contributed by atoms with Gasteiger partial charge < -0.3 is 14.5 Å². The van der Waals surface area contributed by atoms with Crippen LogP contribution in [0, 0.1) is 0 Å². The van der Waals surface area contributed by atoms with Crippen molar-refractivity contribution < 1.29 is 9.53 Å². The van der Waals surface area contributed by atoms with Gasteiger partial charge in [-0.2, -0.15) is 0 Å². The van der Waals surface area contributed by atoms with Crippen LogP contribution in [0.5, 0.6) is 5.75 Å². The molecule has 29 heavy (non-hydrogen) atoms. The van der Waals surface area contributed by atoms with Crippen LogP contribution in [0.2, 0.25) is 0 Å². The molecule has 1 N–H and O–H groups in total. The molecule has 142 valence electrons. The Morgan fingerprint density at radius 2 is 1.93 bits per heavy atom. The zero-order valence-electron chi connectivity index (χ0n) is 15.4. The summed E-state index contributed by atoms with van der Waals surface area (Å²) >= 11 is 1.48. The highest BCUT2D eigenvalue weighted by Crippen LogP contribution is 2.26. The van der Waals surface area contributed by atoms with Crippen LogP contribution >= 0.6 is 11.3 Å². The van der Waals surface area contributed by atoms with Crippen LogP contribution in [0.15, 0.2) is 85.2 Å². The van der Waals surface area contributed by atoms with E-state index in [9.17, 15) is 4.79 Å². The van der Waals surface area contributed by atoms with Gasteiger partial charge in [0, 0.05) is 28.8 Å². The van der Waals surface area contributed by atoms with Gasteiger partial charge in [-0.15, -0.1) is 11.3 Å². The zero-order valence-corrected chi connectivity index (χ0v) is 16.2. The SMILES string of the molecule is O=C(Nc1cccc(OCc2cn3ccccc3n2)c1)c1cc2ccccc2s1. The van der Waals surface area contributed by atoms with Gasteiger partial charge in [0.15, 0.2) is 0 Å². The van der Waals surface area contributed by atoms with Crippen molar-refractivity contribution in [1.82, 2.24) is 9.38 Å². The summed E-state index contributed by atoms with van der Waals surface area (Å²) in [6, 6.07) is 23.2. The summed E-state index contributed by atoms with van der Waals surface area (Å²) < 4.78 is 8.93. The van der Waals surface area contributed by atoms with Crippen LogP contribution in [-0.2, 0) is 6.61 Å². The van der Waals surface area contributed by atoms with Crippen LogP contribution in [0.4, 0.5) is 5.69 Å². The Bertz CT molecular complexity index is 1260. The Kier molecular flexibility index (Phi) is 4.46. The minimum atomic E-state index is -0.122. The van der Waals surface area contributed by atoms with E-state index in [-0.39, 0.29) is 5.91 Å². The zero-order chi connectivity index (χ0) is 19.6. The minimum Gasteiger partial charge on any atom is -0.487 e. The smallest absolute Gasteiger partial charge is 0.265 e. The third-order valence-corrected chi connectivity index (χ3v) is 5.66. The van der Waals surface area contributed by atoms with Gasteiger partial charge in [0.2, 0.25) is 0 Å². The molecule has 0 bridgehead atoms. The fraction of sp³-hybridized carbons (Fsp3) is 0.0435. The predicted molar refractivity (Wildman–Crippen MR) is 116 cm³/mol. The molecule has 1 amide bonds. The number of aromatic nitrogens is 2. The summed E-state index contributed by atoms with van der Waals surface area (Å²) in [5.74, 6) is 0.555. The number of carbonyl (C=O) groups excluding carboxylic acids is 1. The second-order valence-electron chi connectivity index (χ2n) is 6.62. The summed E-state index contributed by atoms with van der Waals surface area (Å²) in [7, 11) is 0. The number of fused-ring (bicyclic) bond motifs is 2. The number of anilines is 1. The van der Waals surface area contributed by atoms with E-state index in [1.54, 1.807) is 0 Å². The van der Waals surface area contributed by atoms with E-state index in [2.05, 4.69) is 10.3 Å². The quantitative estimate of drug-likeness (QED) is 0.432. The van der Waals surface area contributed by atoms with Crippen molar-refractivity contribution in [1.29, 1.82) is 0 Å². The number of rotatable bonds is 5. The van der Waals surface area contributed by atoms with E-state index in [0.717, 1.165) is 21.4 Å². The molecule has 0 radical (unpaired) electrons. The van der Waals surface area contributed by atoms with Crippen LogP contribution in [0.1, 0.15) is 15.4 Å². The van der Waals surface area contributed by atoms with Crippen LogP contribution in [0.3, 0.4) is 0 Å². The molecule has 5 aromatic rings. The summed E-state index contributed by atoms with van der Waals surface area (Å²) in [6.45, 7) is 0.357. The predicted octanol–water partition coefficient (Wildman–Crippen LogP) is 5.38. The van der Waals surface area contributed by atoms with E-state index in [1.807, 2.05) is 89.6 Å². The summed E-state index contributed by atoms with van der Waals surface area (Å²) in [5, 5.41) is 4.03. The second-order valence-corrected chi connectivity index (χ2v) is 7.70. The van der Waals surface area contributed by atoms with Crippen LogP contribution in [-0.4, -0.2) is 15.3 Å². The monoisotopic (exact) mass is 399 g/mol. The van der Waals surface area contributed by atoms with Crippen molar-refractivity contribution in [2.75, 3.05) is 5.32 Å². The van der Waals surface area contributed by atoms with Crippen molar-refractivity contribution in [2.45, 2.75) is 6.61 Å². The first-order valence-corrected chi connectivity index (χ1v) is 10.0. The highest BCUT2D eigenvalue weighted by atomic mass is 32.1. The number of pyridine rings is 1. The fourth-order valence-corrected chi connectivity index (χ4v) is 4.12. The van der Waals surface area contributed by atoms with E-state index < -0.39 is 0 Å². The molecule has 5 nitrogen and oxygen atoms in total. The number of thiophene rings is 1. The van der Waals surface area contributed by atoms with E-state index in [0.29, 0.717) is 22.9 Å². The van der Waals surface area contributed by atoms with Crippen LogP contribution in [0.25, 0.3) is 15.7 Å². The average Bonchev–Trinajstić information content (AvgIpc) is 3.36. The van der Waals surface area contributed by atoms with Crippen molar-refractivity contribution in [3.05, 3.63) is 95.8 Å². The van der Waals surface area contributed by atoms with Gasteiger partial charge in [0.05, 0.1) is 10.6 Å². The van der Waals surface area contributed by atoms with Gasteiger partial charge in [-0.25, -0.2) is 4.98 Å². The summed E-state index contributed by atoms with van der Waals surface area (Å²) in [4.78, 5) is 17.8. The first kappa shape index (κ1) is 17.5. The van der Waals surface area contributed by atoms with E-state index in [1.165, 1.54) is 11.3 Å². The fourth-order valence-electron chi connectivity index (χ4n) is 3.16. The number of amides is 1. The molecule has 0 saturated carbocycles. The highest BCUT2D eigenvalue weighted by Gasteiger charge is 2.11. The maximum atomic E-state index is 12.6. The molecule has 0 aliphatic carbocycles. The molecular formula is C23H17N3O2S. The van der Waals surface area contributed by atoms with Gasteiger partial charge in [-0.3, -0.25) is 4.79 Å². The Hall–Kier alpha value is -3.64. The van der Waals surface area contributed by atoms with Crippen molar-refractivity contribution in [3.63, 3.8) is 0 Å². The molecule has 2 aromatic carbocycles. The standard InChI is InChI=1S/C23H17N3O2S/c27-23(21-12-16-6-1-2-9-20(16)29-21)25-17-7-5-8-19(13-17)28-15-18-14-26-11-4-3-10-22(26)24-18/h1-14H,15H2,(H,25,27). The number of nitrogens with one attached hydrogen (secondary N) is 1. The van der Waals surface area contributed by atoms with E-state index in [4.69, 9.17) is 4.74 Å². The number of carbonyl (C=O) groups is 1. The maximum absolute atomic E-state index is 12.6. The maximum Gasteiger partial charge on any atom is 0.265 e. The topological polar surface area (TPSA) is 55.6 Å². The first-order chi connectivity index (χ1) is 14.2. The summed E-state index contributed by atoms with van der Waals surface area (Å²) in [6.07, 6.45) is 3.90. The molecular weight excluding hydrogens is 382 g/mol. The van der Waals surface area contributed by atoms with Gasteiger partial charge in [0.1, 0.15) is 18.0 Å². The number of nitrogens with zero attached hydrogens (tertiary/aromatic N) is 2. The van der Waals surface area contributed by atoms with Gasteiger partial charge in [0.25, 0.3) is 5.91 Å². The minimum absolute atomic E-state index is 0.122. The third-order valence-electron chi connectivity index (χ3n) is 4.54. The molecule has 0 spiro atoms. The molecule has 3 aromatic heterocycles. The normalized spacial score (nSPS) is 11.0. The van der Waals surface area contributed by atoms with Gasteiger partial charge in [-0.05, 0) is 41.8 Å². The lowest BCUT2D eigenvalue weighted by atomic mass is 10.2. The molecule has 5 rings (SSSR count). The molecule has 0 atom stereocenters.